The van der Waals surface area contributed by atoms with Crippen molar-refractivity contribution in [2.45, 2.75) is 39.4 Å². The maximum atomic E-state index is 12.9. The van der Waals surface area contributed by atoms with Crippen LogP contribution in [0.2, 0.25) is 0 Å². The van der Waals surface area contributed by atoms with E-state index in [1.54, 1.807) is 0 Å². The van der Waals surface area contributed by atoms with Crippen molar-refractivity contribution >= 4 is 37.0 Å². The number of sulfone groups is 1. The van der Waals surface area contributed by atoms with Crippen LogP contribution in [0.4, 0.5) is 0 Å². The Morgan fingerprint density at radius 3 is 2.59 bits per heavy atom. The van der Waals surface area contributed by atoms with Crippen molar-refractivity contribution in [2.24, 2.45) is 5.14 Å². The van der Waals surface area contributed by atoms with Crippen LogP contribution in [0, 0.1) is 0 Å². The van der Waals surface area contributed by atoms with Crippen LogP contribution >= 0.6 is 11.3 Å². The topological polar surface area (TPSA) is 121 Å². The van der Waals surface area contributed by atoms with E-state index in [4.69, 9.17) is 9.88 Å². The number of hydrogen-bond donors (Lipinski definition) is 1. The lowest BCUT2D eigenvalue weighted by atomic mass is 9.94. The highest BCUT2D eigenvalue weighted by molar-refractivity contribution is 7.96. The van der Waals surface area contributed by atoms with Gasteiger partial charge < -0.3 is 4.74 Å². The first-order chi connectivity index (χ1) is 10.1. The van der Waals surface area contributed by atoms with Crippen LogP contribution in [0.5, 0.6) is 0 Å². The van der Waals surface area contributed by atoms with Gasteiger partial charge in [0, 0.05) is 19.1 Å². The highest BCUT2D eigenvalue weighted by Gasteiger charge is 2.52. The minimum atomic E-state index is -4.06. The number of carbonyl (C=O) groups excluding carboxylic acids is 1. The van der Waals surface area contributed by atoms with Gasteiger partial charge in [0.25, 0.3) is 0 Å². The van der Waals surface area contributed by atoms with Crippen molar-refractivity contribution in [3.05, 3.63) is 11.6 Å². The summed E-state index contributed by atoms with van der Waals surface area (Å²) in [6.07, 6.45) is 0.598. The molecule has 10 heteroatoms. The Labute approximate surface area is 133 Å². The van der Waals surface area contributed by atoms with Gasteiger partial charge in [0.05, 0.1) is 6.61 Å². The molecule has 0 radical (unpaired) electrons. The summed E-state index contributed by atoms with van der Waals surface area (Å²) in [6, 6.07) is 1.05. The van der Waals surface area contributed by atoms with E-state index in [-0.39, 0.29) is 33.4 Å². The number of fused-ring (bicyclic) bond motifs is 1. The summed E-state index contributed by atoms with van der Waals surface area (Å²) in [6.45, 7) is 1.70. The van der Waals surface area contributed by atoms with Gasteiger partial charge in [0.1, 0.15) is 13.2 Å². The predicted octanol–water partition coefficient (Wildman–Crippen LogP) is 0.941. The highest BCUT2D eigenvalue weighted by Crippen LogP contribution is 2.45. The second-order valence-electron chi connectivity index (χ2n) is 5.28. The molecule has 0 fully saturated rings. The van der Waals surface area contributed by atoms with Crippen LogP contribution in [-0.4, -0.2) is 41.1 Å². The van der Waals surface area contributed by atoms with Gasteiger partial charge in [0.15, 0.2) is 15.6 Å². The maximum Gasteiger partial charge on any atom is 0.247 e. The number of sulfonamides is 1. The molecule has 0 aliphatic carbocycles. The molecule has 1 atom stereocenters. The minimum absolute atomic E-state index is 0.0862. The molecule has 0 aromatic carbocycles. The van der Waals surface area contributed by atoms with E-state index >= 15 is 0 Å². The van der Waals surface area contributed by atoms with Gasteiger partial charge in [-0.25, -0.2) is 22.0 Å². The van der Waals surface area contributed by atoms with Gasteiger partial charge in [-0.2, -0.15) is 0 Å². The van der Waals surface area contributed by atoms with Crippen molar-refractivity contribution in [3.8, 4) is 0 Å². The second-order valence-corrected chi connectivity index (χ2v) is 10.7. The van der Waals surface area contributed by atoms with E-state index in [0.717, 1.165) is 6.07 Å². The number of rotatable bonds is 5. The summed E-state index contributed by atoms with van der Waals surface area (Å²) in [7, 11) is -6.58. The second kappa shape index (κ2) is 5.68. The Morgan fingerprint density at radius 2 is 2.09 bits per heavy atom. The molecule has 0 saturated heterocycles. The normalized spacial score (nSPS) is 24.2. The third kappa shape index (κ3) is 2.62. The number of carbonyl (C=O) groups is 1. The van der Waals surface area contributed by atoms with Gasteiger partial charge in [-0.05, 0) is 12.5 Å². The fourth-order valence-electron chi connectivity index (χ4n) is 2.71. The van der Waals surface area contributed by atoms with E-state index < -0.39 is 30.4 Å². The Balaban J connectivity index is 2.71. The lowest BCUT2D eigenvalue weighted by Gasteiger charge is -2.34. The van der Waals surface area contributed by atoms with Crippen LogP contribution in [0.25, 0.3) is 0 Å². The molecule has 7 nitrogen and oxygen atoms in total. The predicted molar refractivity (Wildman–Crippen MR) is 81.3 cm³/mol. The quantitative estimate of drug-likeness (QED) is 0.827. The minimum Gasteiger partial charge on any atom is -0.383 e. The van der Waals surface area contributed by atoms with Crippen molar-refractivity contribution in [1.29, 1.82) is 0 Å². The zero-order chi connectivity index (χ0) is 16.8. The van der Waals surface area contributed by atoms with E-state index in [0.29, 0.717) is 17.8 Å². The summed E-state index contributed by atoms with van der Waals surface area (Å²) in [5.41, 5.74) is -0.0862. The molecular weight excluding hydrogens is 350 g/mol. The van der Waals surface area contributed by atoms with Crippen LogP contribution in [0.1, 0.15) is 36.5 Å². The molecular formula is C12H17NO6S3. The van der Waals surface area contributed by atoms with E-state index in [1.807, 2.05) is 6.92 Å². The smallest absolute Gasteiger partial charge is 0.247 e. The molecule has 2 rings (SSSR count). The zero-order valence-corrected chi connectivity index (χ0v) is 14.6. The summed E-state index contributed by atoms with van der Waals surface area (Å²) < 4.78 is 51.9. The first-order valence-electron chi connectivity index (χ1n) is 6.52. The lowest BCUT2D eigenvalue weighted by Crippen LogP contribution is -2.47. The number of Topliss-reactive ketones (excluding diaryl/α,β-unsaturated/α-hetero) is 1. The molecule has 1 aliphatic heterocycles. The third-order valence-electron chi connectivity index (χ3n) is 3.67. The van der Waals surface area contributed by atoms with Crippen LogP contribution in [-0.2, 0) is 24.6 Å². The summed E-state index contributed by atoms with van der Waals surface area (Å²) in [5, 5.41) is 5.04. The molecule has 0 bridgehead atoms. The Hall–Kier alpha value is -0.810. The first kappa shape index (κ1) is 17.5. The Bertz CT molecular complexity index is 800. The van der Waals surface area contributed by atoms with Crippen molar-refractivity contribution in [1.82, 2.24) is 0 Å². The van der Waals surface area contributed by atoms with E-state index in [1.165, 1.54) is 7.11 Å². The van der Waals surface area contributed by atoms with Crippen LogP contribution in [0.15, 0.2) is 14.5 Å². The molecule has 2 heterocycles. The average molecular weight is 367 g/mol. The van der Waals surface area contributed by atoms with Gasteiger partial charge in [-0.1, -0.05) is 13.3 Å². The van der Waals surface area contributed by atoms with E-state index in [2.05, 4.69) is 0 Å². The van der Waals surface area contributed by atoms with Crippen molar-refractivity contribution in [2.75, 3.05) is 13.7 Å². The van der Waals surface area contributed by atoms with Crippen LogP contribution in [0.3, 0.4) is 0 Å². The number of ketones is 1. The summed E-state index contributed by atoms with van der Waals surface area (Å²) in [4.78, 5) is 12.3. The Kier molecular flexibility index (Phi) is 4.53. The molecule has 124 valence electrons. The summed E-state index contributed by atoms with van der Waals surface area (Å²) >= 11 is 0.530. The largest absolute Gasteiger partial charge is 0.383 e. The Morgan fingerprint density at radius 1 is 1.45 bits per heavy atom. The number of nitrogens with two attached hydrogens (primary N) is 1. The molecule has 1 aromatic heterocycles. The standard InChI is InChI=1S/C12H17NO6S3/c1-3-4-12(7-19-2)6-9(14)8-5-10(22(13,17)18)20-11(8)21(12,15)16/h5H,3-4,6-7H2,1-2H3,(H2,13,17,18). The van der Waals surface area contributed by atoms with Crippen LogP contribution < -0.4 is 5.14 Å². The lowest BCUT2D eigenvalue weighted by molar-refractivity contribution is 0.0908. The maximum absolute atomic E-state index is 12.9. The average Bonchev–Trinajstić information content (AvgIpc) is 2.83. The number of ether oxygens (including phenoxy) is 1. The molecule has 0 spiro atoms. The van der Waals surface area contributed by atoms with E-state index in [9.17, 15) is 21.6 Å². The molecule has 1 aromatic rings. The van der Waals surface area contributed by atoms with Crippen molar-refractivity contribution in [3.63, 3.8) is 0 Å². The zero-order valence-electron chi connectivity index (χ0n) is 12.2. The third-order valence-corrected chi connectivity index (χ3v) is 9.24. The molecule has 0 amide bonds. The first-order valence-corrected chi connectivity index (χ1v) is 10.4. The monoisotopic (exact) mass is 367 g/mol. The number of thiophene rings is 1. The molecule has 0 saturated carbocycles. The van der Waals surface area contributed by atoms with Gasteiger partial charge in [-0.15, -0.1) is 11.3 Å². The fourth-order valence-corrected chi connectivity index (χ4v) is 7.67. The molecule has 1 aliphatic rings. The SMILES string of the molecule is CCCC1(COC)CC(=O)c2cc(S(N)(=O)=O)sc2S1(=O)=O. The highest BCUT2D eigenvalue weighted by atomic mass is 32.3. The molecule has 22 heavy (non-hydrogen) atoms. The molecule has 1 unspecified atom stereocenters. The number of primary sulfonamides is 1. The van der Waals surface area contributed by atoms with Crippen molar-refractivity contribution < 1.29 is 26.4 Å². The number of methoxy groups -OCH3 is 1. The fraction of sp³-hybridized carbons (Fsp3) is 0.583. The molecule has 2 N–H and O–H groups in total. The van der Waals surface area contributed by atoms with Gasteiger partial charge in [-0.3, -0.25) is 4.79 Å². The summed E-state index contributed by atoms with van der Waals surface area (Å²) in [5.74, 6) is -0.401. The van der Waals surface area contributed by atoms with Gasteiger partial charge in [0.2, 0.25) is 10.0 Å². The number of hydrogen-bond acceptors (Lipinski definition) is 7. The van der Waals surface area contributed by atoms with Gasteiger partial charge >= 0.3 is 0 Å².